The van der Waals surface area contributed by atoms with Gasteiger partial charge in [0, 0.05) is 27.4 Å². The fourth-order valence-electron chi connectivity index (χ4n) is 2.20. The molecule has 0 aliphatic heterocycles. The number of rotatable bonds is 3. The summed E-state index contributed by atoms with van der Waals surface area (Å²) >= 11 is 1.11. The lowest BCUT2D eigenvalue weighted by atomic mass is 10.2. The largest absolute Gasteiger partial charge is 0.416 e. The van der Waals surface area contributed by atoms with Crippen molar-refractivity contribution >= 4 is 28.4 Å². The Hall–Kier alpha value is -2.61. The third-order valence-electron chi connectivity index (χ3n) is 3.26. The van der Waals surface area contributed by atoms with Crippen molar-refractivity contribution in [1.82, 2.24) is 4.98 Å². The number of halogens is 3. The summed E-state index contributed by atoms with van der Waals surface area (Å²) in [6.07, 6.45) is -2.99. The van der Waals surface area contributed by atoms with Crippen LogP contribution in [0.4, 0.5) is 18.9 Å². The average molecular weight is 350 g/mol. The normalized spacial score (nSPS) is 11.6. The second-order valence-electron chi connectivity index (χ2n) is 4.90. The fourth-order valence-corrected chi connectivity index (χ4v) is 3.10. The minimum atomic E-state index is -4.40. The Kier molecular flexibility index (Phi) is 4.15. The van der Waals surface area contributed by atoms with E-state index in [-0.39, 0.29) is 11.2 Å². The highest BCUT2D eigenvalue weighted by molar-refractivity contribution is 7.99. The van der Waals surface area contributed by atoms with Crippen molar-refractivity contribution in [2.45, 2.75) is 16.0 Å². The zero-order chi connectivity index (χ0) is 17.3. The van der Waals surface area contributed by atoms with Crippen LogP contribution in [0.25, 0.3) is 10.9 Å². The van der Waals surface area contributed by atoms with Crippen molar-refractivity contribution < 1.29 is 18.1 Å². The number of nitro groups is 1. The Morgan fingerprint density at radius 1 is 1.04 bits per heavy atom. The third kappa shape index (κ3) is 3.33. The van der Waals surface area contributed by atoms with Crippen molar-refractivity contribution in [1.29, 1.82) is 0 Å². The van der Waals surface area contributed by atoms with Crippen LogP contribution in [0, 0.1) is 10.1 Å². The van der Waals surface area contributed by atoms with Crippen LogP contribution in [0.1, 0.15) is 5.56 Å². The van der Waals surface area contributed by atoms with Gasteiger partial charge in [0.1, 0.15) is 5.52 Å². The molecule has 0 atom stereocenters. The number of benzene rings is 2. The molecule has 3 rings (SSSR count). The van der Waals surface area contributed by atoms with Crippen LogP contribution in [0.2, 0.25) is 0 Å². The number of fused-ring (bicyclic) bond motifs is 1. The summed E-state index contributed by atoms with van der Waals surface area (Å²) in [6, 6.07) is 11.2. The second-order valence-corrected chi connectivity index (χ2v) is 6.05. The van der Waals surface area contributed by atoms with Crippen LogP contribution >= 0.6 is 11.8 Å². The van der Waals surface area contributed by atoms with Crippen LogP contribution in [-0.2, 0) is 6.18 Å². The standard InChI is InChI=1S/C16H9F3N2O2S/c17-16(18,19)11-4-2-5-12(8-11)24-13-7-10-3-1-6-14(21(22)23)15(10)20-9-13/h1-9H. The molecule has 2 aromatic carbocycles. The molecule has 0 aliphatic carbocycles. The maximum atomic E-state index is 12.7. The molecule has 0 amide bonds. The van der Waals surface area contributed by atoms with Gasteiger partial charge in [-0.1, -0.05) is 30.0 Å². The monoisotopic (exact) mass is 350 g/mol. The Morgan fingerprint density at radius 2 is 1.79 bits per heavy atom. The molecule has 4 nitrogen and oxygen atoms in total. The van der Waals surface area contributed by atoms with E-state index in [1.165, 1.54) is 18.3 Å². The molecule has 122 valence electrons. The highest BCUT2D eigenvalue weighted by atomic mass is 32.2. The lowest BCUT2D eigenvalue weighted by Crippen LogP contribution is -2.04. The number of aromatic nitrogens is 1. The number of para-hydroxylation sites is 1. The van der Waals surface area contributed by atoms with E-state index in [1.807, 2.05) is 0 Å². The Labute approximate surface area is 138 Å². The number of alkyl halides is 3. The summed E-state index contributed by atoms with van der Waals surface area (Å²) in [5.74, 6) is 0. The van der Waals surface area contributed by atoms with E-state index in [1.54, 1.807) is 24.3 Å². The topological polar surface area (TPSA) is 56.0 Å². The highest BCUT2D eigenvalue weighted by Crippen LogP contribution is 2.35. The molecule has 1 heterocycles. The van der Waals surface area contributed by atoms with E-state index >= 15 is 0 Å². The number of hydrogen-bond donors (Lipinski definition) is 0. The Morgan fingerprint density at radius 3 is 2.50 bits per heavy atom. The highest BCUT2D eigenvalue weighted by Gasteiger charge is 2.30. The van der Waals surface area contributed by atoms with E-state index < -0.39 is 16.7 Å². The number of nitro benzene ring substituents is 1. The predicted molar refractivity (Wildman–Crippen MR) is 84.0 cm³/mol. The quantitative estimate of drug-likeness (QED) is 0.474. The molecule has 0 unspecified atom stereocenters. The molecule has 24 heavy (non-hydrogen) atoms. The lowest BCUT2D eigenvalue weighted by molar-refractivity contribution is -0.383. The Balaban J connectivity index is 1.95. The van der Waals surface area contributed by atoms with Gasteiger partial charge in [0.25, 0.3) is 5.69 Å². The van der Waals surface area contributed by atoms with Crippen LogP contribution in [0.15, 0.2) is 64.5 Å². The average Bonchev–Trinajstić information content (AvgIpc) is 2.53. The number of pyridine rings is 1. The predicted octanol–water partition coefficient (Wildman–Crippen LogP) is 5.31. The summed E-state index contributed by atoms with van der Waals surface area (Å²) in [5, 5.41) is 11.5. The first kappa shape index (κ1) is 16.3. The van der Waals surface area contributed by atoms with E-state index in [4.69, 9.17) is 0 Å². The zero-order valence-electron chi connectivity index (χ0n) is 11.9. The van der Waals surface area contributed by atoms with Gasteiger partial charge in [-0.15, -0.1) is 0 Å². The summed E-state index contributed by atoms with van der Waals surface area (Å²) in [5.41, 5.74) is -0.587. The minimum absolute atomic E-state index is 0.108. The maximum absolute atomic E-state index is 12.7. The first-order valence-corrected chi connectivity index (χ1v) is 7.54. The molecule has 0 spiro atoms. The second kappa shape index (κ2) is 6.12. The Bertz CT molecular complexity index is 929. The van der Waals surface area contributed by atoms with Crippen molar-refractivity contribution in [2.24, 2.45) is 0 Å². The van der Waals surface area contributed by atoms with Crippen molar-refractivity contribution in [3.63, 3.8) is 0 Å². The van der Waals surface area contributed by atoms with Crippen LogP contribution in [0.3, 0.4) is 0 Å². The fraction of sp³-hybridized carbons (Fsp3) is 0.0625. The van der Waals surface area contributed by atoms with Crippen molar-refractivity contribution in [3.05, 3.63) is 70.4 Å². The van der Waals surface area contributed by atoms with Gasteiger partial charge < -0.3 is 0 Å². The van der Waals surface area contributed by atoms with Gasteiger partial charge in [0.05, 0.1) is 10.5 Å². The van der Waals surface area contributed by atoms with Gasteiger partial charge in [-0.25, -0.2) is 4.98 Å². The molecule has 0 aliphatic rings. The smallest absolute Gasteiger partial charge is 0.258 e. The van der Waals surface area contributed by atoms with Gasteiger partial charge in [-0.2, -0.15) is 13.2 Å². The van der Waals surface area contributed by atoms with Gasteiger partial charge in [0.2, 0.25) is 0 Å². The minimum Gasteiger partial charge on any atom is -0.258 e. The molecule has 0 N–H and O–H groups in total. The molecular weight excluding hydrogens is 341 g/mol. The maximum Gasteiger partial charge on any atom is 0.416 e. The molecule has 8 heteroatoms. The van der Waals surface area contributed by atoms with Crippen LogP contribution < -0.4 is 0 Å². The lowest BCUT2D eigenvalue weighted by Gasteiger charge is -2.08. The third-order valence-corrected chi connectivity index (χ3v) is 4.21. The van der Waals surface area contributed by atoms with E-state index in [2.05, 4.69) is 4.98 Å². The van der Waals surface area contributed by atoms with Crippen LogP contribution in [0.5, 0.6) is 0 Å². The first-order valence-electron chi connectivity index (χ1n) is 6.73. The van der Waals surface area contributed by atoms with Gasteiger partial charge in [0.15, 0.2) is 0 Å². The molecule has 0 radical (unpaired) electrons. The summed E-state index contributed by atoms with van der Waals surface area (Å²) in [4.78, 5) is 15.6. The van der Waals surface area contributed by atoms with Crippen molar-refractivity contribution in [2.75, 3.05) is 0 Å². The van der Waals surface area contributed by atoms with Crippen molar-refractivity contribution in [3.8, 4) is 0 Å². The van der Waals surface area contributed by atoms with Crippen LogP contribution in [-0.4, -0.2) is 9.91 Å². The van der Waals surface area contributed by atoms with Gasteiger partial charge >= 0.3 is 6.18 Å². The summed E-state index contributed by atoms with van der Waals surface area (Å²) in [7, 11) is 0. The first-order chi connectivity index (χ1) is 11.3. The summed E-state index contributed by atoms with van der Waals surface area (Å²) < 4.78 is 38.2. The van der Waals surface area contributed by atoms with E-state index in [0.29, 0.717) is 15.2 Å². The zero-order valence-corrected chi connectivity index (χ0v) is 12.8. The number of hydrogen-bond acceptors (Lipinski definition) is 4. The molecule has 1 aromatic heterocycles. The molecule has 3 aromatic rings. The molecule has 0 saturated heterocycles. The van der Waals surface area contributed by atoms with Gasteiger partial charge in [-0.3, -0.25) is 10.1 Å². The molecule has 0 fully saturated rings. The van der Waals surface area contributed by atoms with Gasteiger partial charge in [-0.05, 0) is 24.3 Å². The number of nitrogens with zero attached hydrogens (tertiary/aromatic N) is 2. The van der Waals surface area contributed by atoms with E-state index in [9.17, 15) is 23.3 Å². The summed E-state index contributed by atoms with van der Waals surface area (Å²) in [6.45, 7) is 0. The molecule has 0 bridgehead atoms. The number of non-ortho nitro benzene ring substituents is 1. The molecular formula is C16H9F3N2O2S. The molecule has 0 saturated carbocycles. The van der Waals surface area contributed by atoms with E-state index in [0.717, 1.165) is 23.9 Å². The SMILES string of the molecule is O=[N+]([O-])c1cccc2cc(Sc3cccc(C(F)(F)F)c3)cnc12.